The van der Waals surface area contributed by atoms with Gasteiger partial charge in [0.15, 0.2) is 0 Å². The summed E-state index contributed by atoms with van der Waals surface area (Å²) in [7, 11) is 0. The van der Waals surface area contributed by atoms with Crippen LogP contribution in [0, 0.1) is 5.92 Å². The van der Waals surface area contributed by atoms with E-state index in [9.17, 15) is 0 Å². The minimum Gasteiger partial charge on any atom is -0.375 e. The first-order valence-corrected chi connectivity index (χ1v) is 6.56. The molecule has 0 bridgehead atoms. The van der Waals surface area contributed by atoms with Gasteiger partial charge in [-0.25, -0.2) is 0 Å². The van der Waals surface area contributed by atoms with Gasteiger partial charge >= 0.3 is 0 Å². The molecule has 2 aliphatic rings. The second-order valence-electron chi connectivity index (χ2n) is 5.15. The molecule has 2 heteroatoms. The Bertz CT molecular complexity index is 189. The fourth-order valence-corrected chi connectivity index (χ4v) is 2.43. The zero-order chi connectivity index (χ0) is 10.7. The van der Waals surface area contributed by atoms with Crippen molar-refractivity contribution in [3.63, 3.8) is 0 Å². The second-order valence-corrected chi connectivity index (χ2v) is 5.15. The van der Waals surface area contributed by atoms with Crippen LogP contribution in [-0.4, -0.2) is 24.9 Å². The van der Waals surface area contributed by atoms with Crippen molar-refractivity contribution in [1.82, 2.24) is 0 Å². The van der Waals surface area contributed by atoms with Gasteiger partial charge in [-0.05, 0) is 25.7 Å². The summed E-state index contributed by atoms with van der Waals surface area (Å²) in [6.45, 7) is 5.33. The van der Waals surface area contributed by atoms with E-state index in [0.717, 1.165) is 25.4 Å². The highest BCUT2D eigenvalue weighted by atomic mass is 16.6. The Balaban J connectivity index is 1.67. The number of hydrogen-bond acceptors (Lipinski definition) is 2. The molecule has 1 aliphatic heterocycles. The van der Waals surface area contributed by atoms with Gasteiger partial charge in [-0.3, -0.25) is 0 Å². The Morgan fingerprint density at radius 3 is 2.73 bits per heavy atom. The van der Waals surface area contributed by atoms with E-state index in [2.05, 4.69) is 13.8 Å². The molecule has 2 nitrogen and oxygen atoms in total. The van der Waals surface area contributed by atoms with Crippen LogP contribution >= 0.6 is 0 Å². The molecular formula is C13H24O2. The van der Waals surface area contributed by atoms with Crippen molar-refractivity contribution in [3.8, 4) is 0 Å². The van der Waals surface area contributed by atoms with Crippen LogP contribution in [0.1, 0.15) is 52.4 Å². The molecule has 0 aromatic carbocycles. The Labute approximate surface area is 93.3 Å². The van der Waals surface area contributed by atoms with Crippen LogP contribution in [0.4, 0.5) is 0 Å². The van der Waals surface area contributed by atoms with Crippen molar-refractivity contribution in [2.75, 3.05) is 6.61 Å². The Hall–Kier alpha value is -0.0800. The molecule has 1 aliphatic carbocycles. The Kier molecular flexibility index (Phi) is 4.04. The molecule has 0 N–H and O–H groups in total. The number of ether oxygens (including phenoxy) is 2. The lowest BCUT2D eigenvalue weighted by Gasteiger charge is -2.18. The third kappa shape index (κ3) is 3.46. The standard InChI is InChI=1S/C13H24O2/c1-3-4-12-13(9-10(2)15-12)14-8-7-11-5-6-11/h10-13H,3-9H2,1-2H3/t10?,12?,13-/m1/s1. The van der Waals surface area contributed by atoms with Crippen molar-refractivity contribution in [3.05, 3.63) is 0 Å². The third-order valence-electron chi connectivity index (χ3n) is 3.51. The molecule has 0 spiro atoms. The summed E-state index contributed by atoms with van der Waals surface area (Å²) in [5, 5.41) is 0. The molecule has 2 fully saturated rings. The van der Waals surface area contributed by atoms with Crippen LogP contribution in [0.15, 0.2) is 0 Å². The molecule has 3 atom stereocenters. The van der Waals surface area contributed by atoms with Crippen LogP contribution in [0.2, 0.25) is 0 Å². The average Bonchev–Trinajstić information content (AvgIpc) is 2.94. The maximum atomic E-state index is 5.96. The predicted molar refractivity (Wildman–Crippen MR) is 60.9 cm³/mol. The molecule has 0 aromatic heterocycles. The fourth-order valence-electron chi connectivity index (χ4n) is 2.43. The molecule has 15 heavy (non-hydrogen) atoms. The predicted octanol–water partition coefficient (Wildman–Crippen LogP) is 3.15. The lowest BCUT2D eigenvalue weighted by Crippen LogP contribution is -2.24. The van der Waals surface area contributed by atoms with Crippen LogP contribution in [0.5, 0.6) is 0 Å². The quantitative estimate of drug-likeness (QED) is 0.673. The summed E-state index contributed by atoms with van der Waals surface area (Å²) in [5.74, 6) is 0.981. The summed E-state index contributed by atoms with van der Waals surface area (Å²) in [6, 6.07) is 0. The summed E-state index contributed by atoms with van der Waals surface area (Å²) < 4.78 is 11.8. The van der Waals surface area contributed by atoms with Crippen molar-refractivity contribution in [1.29, 1.82) is 0 Å². The van der Waals surface area contributed by atoms with Crippen LogP contribution in [0.25, 0.3) is 0 Å². The molecule has 2 rings (SSSR count). The molecule has 2 unspecified atom stereocenters. The third-order valence-corrected chi connectivity index (χ3v) is 3.51. The van der Waals surface area contributed by atoms with E-state index in [1.807, 2.05) is 0 Å². The van der Waals surface area contributed by atoms with Gasteiger partial charge in [-0.15, -0.1) is 0 Å². The van der Waals surface area contributed by atoms with Crippen molar-refractivity contribution >= 4 is 0 Å². The lowest BCUT2D eigenvalue weighted by atomic mass is 10.1. The Morgan fingerprint density at radius 1 is 1.27 bits per heavy atom. The van der Waals surface area contributed by atoms with E-state index in [-0.39, 0.29) is 0 Å². The lowest BCUT2D eigenvalue weighted by molar-refractivity contribution is -0.0249. The number of hydrogen-bond donors (Lipinski definition) is 0. The molecule has 88 valence electrons. The van der Waals surface area contributed by atoms with E-state index in [1.54, 1.807) is 0 Å². The monoisotopic (exact) mass is 212 g/mol. The van der Waals surface area contributed by atoms with Crippen molar-refractivity contribution < 1.29 is 9.47 Å². The van der Waals surface area contributed by atoms with Crippen molar-refractivity contribution in [2.45, 2.75) is 70.7 Å². The number of rotatable bonds is 6. The van der Waals surface area contributed by atoms with Gasteiger partial charge in [0.25, 0.3) is 0 Å². The molecular weight excluding hydrogens is 188 g/mol. The highest BCUT2D eigenvalue weighted by Crippen LogP contribution is 2.33. The summed E-state index contributed by atoms with van der Waals surface area (Å²) in [6.07, 6.45) is 8.70. The van der Waals surface area contributed by atoms with E-state index >= 15 is 0 Å². The molecule has 0 radical (unpaired) electrons. The molecule has 1 heterocycles. The van der Waals surface area contributed by atoms with Crippen molar-refractivity contribution in [2.24, 2.45) is 5.92 Å². The smallest absolute Gasteiger partial charge is 0.0861 e. The fraction of sp³-hybridized carbons (Fsp3) is 1.00. The van der Waals surface area contributed by atoms with Gasteiger partial charge in [-0.1, -0.05) is 26.2 Å². The minimum atomic E-state index is 0.365. The zero-order valence-corrected chi connectivity index (χ0v) is 10.1. The molecule has 0 amide bonds. The Morgan fingerprint density at radius 2 is 2.07 bits per heavy atom. The highest BCUT2D eigenvalue weighted by Gasteiger charge is 2.33. The SMILES string of the molecule is CCCC1OC(C)C[C@H]1OCCC1CC1. The first kappa shape index (κ1) is 11.4. The molecule has 1 saturated carbocycles. The largest absolute Gasteiger partial charge is 0.375 e. The van der Waals surface area contributed by atoms with E-state index in [1.165, 1.54) is 25.7 Å². The van der Waals surface area contributed by atoms with Gasteiger partial charge in [0, 0.05) is 13.0 Å². The molecule has 0 aromatic rings. The summed E-state index contributed by atoms with van der Waals surface area (Å²) in [5.41, 5.74) is 0. The minimum absolute atomic E-state index is 0.365. The highest BCUT2D eigenvalue weighted by molar-refractivity contribution is 4.81. The van der Waals surface area contributed by atoms with Gasteiger partial charge in [-0.2, -0.15) is 0 Å². The maximum absolute atomic E-state index is 5.96. The maximum Gasteiger partial charge on any atom is 0.0861 e. The van der Waals surface area contributed by atoms with Crippen LogP contribution in [0.3, 0.4) is 0 Å². The van der Waals surface area contributed by atoms with Gasteiger partial charge in [0.05, 0.1) is 18.3 Å². The topological polar surface area (TPSA) is 18.5 Å². The van der Waals surface area contributed by atoms with Crippen LogP contribution < -0.4 is 0 Å². The first-order valence-electron chi connectivity index (χ1n) is 6.56. The normalized spacial score (nSPS) is 36.0. The van der Waals surface area contributed by atoms with Gasteiger partial charge < -0.3 is 9.47 Å². The first-order chi connectivity index (χ1) is 7.29. The van der Waals surface area contributed by atoms with E-state index < -0.39 is 0 Å². The summed E-state index contributed by atoms with van der Waals surface area (Å²) >= 11 is 0. The zero-order valence-electron chi connectivity index (χ0n) is 10.1. The molecule has 1 saturated heterocycles. The van der Waals surface area contributed by atoms with Gasteiger partial charge in [0.1, 0.15) is 0 Å². The van der Waals surface area contributed by atoms with E-state index in [4.69, 9.17) is 9.47 Å². The van der Waals surface area contributed by atoms with Gasteiger partial charge in [0.2, 0.25) is 0 Å². The average molecular weight is 212 g/mol. The second kappa shape index (κ2) is 5.31. The van der Waals surface area contributed by atoms with E-state index in [0.29, 0.717) is 18.3 Å². The van der Waals surface area contributed by atoms with Crippen LogP contribution in [-0.2, 0) is 9.47 Å². The summed E-state index contributed by atoms with van der Waals surface area (Å²) in [4.78, 5) is 0.